The molecule has 0 amide bonds. The van der Waals surface area contributed by atoms with Crippen LogP contribution in [0.3, 0.4) is 0 Å². The zero-order valence-corrected chi connectivity index (χ0v) is 26.5. The second-order valence-corrected chi connectivity index (χ2v) is 13.9. The Bertz CT molecular complexity index is 1860. The molecule has 1 fully saturated rings. The first-order valence-electron chi connectivity index (χ1n) is 14.6. The summed E-state index contributed by atoms with van der Waals surface area (Å²) in [5, 5.41) is 6.72. The third-order valence-electron chi connectivity index (χ3n) is 8.68. The fraction of sp³-hybridized carbons (Fsp3) is 0.375. The van der Waals surface area contributed by atoms with E-state index < -0.39 is 39.7 Å². The molecule has 1 aliphatic carbocycles. The van der Waals surface area contributed by atoms with Gasteiger partial charge >= 0.3 is 5.76 Å². The molecule has 1 aromatic heterocycles. The molecule has 4 aromatic rings. The summed E-state index contributed by atoms with van der Waals surface area (Å²) in [6.45, 7) is 7.39. The van der Waals surface area contributed by atoms with Gasteiger partial charge in [0.15, 0.2) is 0 Å². The highest BCUT2D eigenvalue weighted by atomic mass is 35.5. The number of nitrogens with zero attached hydrogens (tertiary/aromatic N) is 3. The Morgan fingerprint density at radius 1 is 1.14 bits per heavy atom. The molecule has 1 N–H and O–H groups in total. The number of hydrogen-bond acceptors (Lipinski definition) is 7. The van der Waals surface area contributed by atoms with Gasteiger partial charge in [-0.15, -0.1) is 5.10 Å². The molecule has 9 nitrogen and oxygen atoms in total. The largest absolute Gasteiger partial charge is 0.434 e. The lowest BCUT2D eigenvalue weighted by Gasteiger charge is -2.43. The van der Waals surface area contributed by atoms with Crippen LogP contribution in [0.1, 0.15) is 78.5 Å². The highest BCUT2D eigenvalue weighted by Gasteiger charge is 2.49. The summed E-state index contributed by atoms with van der Waals surface area (Å²) in [4.78, 5) is 14.2. The summed E-state index contributed by atoms with van der Waals surface area (Å²) in [6.07, 6.45) is 1.10. The number of aryl methyl sites for hydroxylation is 1. The minimum atomic E-state index is -4.31. The van der Waals surface area contributed by atoms with E-state index in [1.54, 1.807) is 39.0 Å². The van der Waals surface area contributed by atoms with Crippen molar-refractivity contribution < 1.29 is 22.0 Å². The van der Waals surface area contributed by atoms with Gasteiger partial charge in [-0.05, 0) is 74.1 Å². The van der Waals surface area contributed by atoms with Gasteiger partial charge in [0.25, 0.3) is 0 Å². The summed E-state index contributed by atoms with van der Waals surface area (Å²) in [5.41, 5.74) is 3.71. The molecule has 0 spiro atoms. The fourth-order valence-electron chi connectivity index (χ4n) is 6.11. The minimum absolute atomic E-state index is 0.0584. The van der Waals surface area contributed by atoms with Crippen LogP contribution in [0.15, 0.2) is 68.7 Å². The van der Waals surface area contributed by atoms with Crippen molar-refractivity contribution in [2.45, 2.75) is 76.1 Å². The van der Waals surface area contributed by atoms with Crippen molar-refractivity contribution in [1.29, 1.82) is 0 Å². The zero-order chi connectivity index (χ0) is 31.3. The number of nitrogens with one attached hydrogen (secondary N) is 1. The Labute approximate surface area is 260 Å². The highest BCUT2D eigenvalue weighted by molar-refractivity contribution is 7.89. The van der Waals surface area contributed by atoms with Crippen LogP contribution in [0.25, 0.3) is 0 Å². The number of ether oxygens (including phenoxy) is 1. The summed E-state index contributed by atoms with van der Waals surface area (Å²) < 4.78 is 58.1. The molecule has 6 rings (SSSR count). The Kier molecular flexibility index (Phi) is 8.17. The van der Waals surface area contributed by atoms with E-state index in [1.165, 1.54) is 10.4 Å². The van der Waals surface area contributed by atoms with Gasteiger partial charge in [-0.1, -0.05) is 54.9 Å². The van der Waals surface area contributed by atoms with Crippen LogP contribution >= 0.6 is 11.6 Å². The first kappa shape index (κ1) is 30.5. The summed E-state index contributed by atoms with van der Waals surface area (Å²) >= 11 is 6.61. The van der Waals surface area contributed by atoms with Crippen molar-refractivity contribution in [2.24, 2.45) is 0 Å². The van der Waals surface area contributed by atoms with Crippen molar-refractivity contribution in [3.8, 4) is 0 Å². The number of aromatic amines is 1. The van der Waals surface area contributed by atoms with Crippen LogP contribution in [-0.4, -0.2) is 35.6 Å². The maximum atomic E-state index is 15.5. The molecular weight excluding hydrogens is 607 g/mol. The smallest absolute Gasteiger partial charge is 0.391 e. The quantitative estimate of drug-likeness (QED) is 0.222. The average Bonchev–Trinajstić information content (AvgIpc) is 3.75. The topological polar surface area (TPSA) is 109 Å². The van der Waals surface area contributed by atoms with E-state index in [9.17, 15) is 13.2 Å². The third-order valence-corrected chi connectivity index (χ3v) is 10.8. The molecule has 44 heavy (non-hydrogen) atoms. The number of benzene rings is 3. The van der Waals surface area contributed by atoms with Gasteiger partial charge in [-0.25, -0.2) is 22.7 Å². The van der Waals surface area contributed by atoms with Gasteiger partial charge in [0, 0.05) is 22.5 Å². The Morgan fingerprint density at radius 2 is 1.86 bits per heavy atom. The third kappa shape index (κ3) is 5.58. The molecule has 1 saturated carbocycles. The fourth-order valence-corrected chi connectivity index (χ4v) is 8.38. The maximum absolute atomic E-state index is 15.5. The molecule has 1 aliphatic heterocycles. The molecule has 2 aliphatic rings. The van der Waals surface area contributed by atoms with E-state index in [2.05, 4.69) is 10.2 Å². The van der Waals surface area contributed by atoms with Crippen molar-refractivity contribution >= 4 is 27.3 Å². The maximum Gasteiger partial charge on any atom is 0.434 e. The van der Waals surface area contributed by atoms with E-state index in [1.807, 2.05) is 42.2 Å². The van der Waals surface area contributed by atoms with Gasteiger partial charge in [-0.2, -0.15) is 4.31 Å². The van der Waals surface area contributed by atoms with E-state index in [0.717, 1.165) is 24.0 Å². The number of anilines is 1. The SMILES string of the molecule is Cc1ccc(F)c(C(C)[C@@H](c2n[nH]c(=O)o2)N2CN(C3CC3)c3cc(Cl)cc(C(C)OCc4ccccc4)c3S2(=O)=O)c1C. The predicted octanol–water partition coefficient (Wildman–Crippen LogP) is 6.53. The first-order chi connectivity index (χ1) is 21.0. The van der Waals surface area contributed by atoms with Crippen molar-refractivity contribution in [1.82, 2.24) is 14.5 Å². The first-order valence-corrected chi connectivity index (χ1v) is 16.4. The van der Waals surface area contributed by atoms with Crippen LogP contribution in [0.2, 0.25) is 5.02 Å². The van der Waals surface area contributed by atoms with Crippen LogP contribution in [-0.2, 0) is 21.4 Å². The van der Waals surface area contributed by atoms with E-state index in [0.29, 0.717) is 27.4 Å². The van der Waals surface area contributed by atoms with E-state index in [4.69, 9.17) is 20.8 Å². The molecule has 0 bridgehead atoms. The number of halogens is 2. The standard InChI is InChI=1S/C32H34ClFN4O5S/c1-18-10-13-26(34)28(19(18)2)20(3)29(31-35-36-32(39)43-31)38-17-37(24-11-12-24)27-15-23(33)14-25(30(27)44(38,40)41)21(4)42-16-22-8-6-5-7-9-22/h5-10,13-15,20-21,24,29H,11-12,16-17H2,1-4H3,(H,36,39)/t20?,21?,29-/m0/s1. The van der Waals surface area contributed by atoms with Gasteiger partial charge in [0.1, 0.15) is 16.8 Å². The number of fused-ring (bicyclic) bond motifs is 1. The number of sulfonamides is 1. The number of H-pyrrole nitrogens is 1. The molecular formula is C32H34ClFN4O5S. The minimum Gasteiger partial charge on any atom is -0.391 e. The molecule has 3 aromatic carbocycles. The summed E-state index contributed by atoms with van der Waals surface area (Å²) in [7, 11) is -4.31. The van der Waals surface area contributed by atoms with Gasteiger partial charge < -0.3 is 14.1 Å². The molecule has 3 atom stereocenters. The van der Waals surface area contributed by atoms with Crippen LogP contribution < -0.4 is 10.7 Å². The lowest BCUT2D eigenvalue weighted by atomic mass is 9.87. The predicted molar refractivity (Wildman–Crippen MR) is 165 cm³/mol. The molecule has 0 saturated heterocycles. The molecule has 2 unspecified atom stereocenters. The second-order valence-electron chi connectivity index (χ2n) is 11.6. The second kappa shape index (κ2) is 11.8. The molecule has 2 heterocycles. The Morgan fingerprint density at radius 3 is 2.52 bits per heavy atom. The zero-order valence-electron chi connectivity index (χ0n) is 24.9. The van der Waals surface area contributed by atoms with Crippen LogP contribution in [0.5, 0.6) is 0 Å². The lowest BCUT2D eigenvalue weighted by molar-refractivity contribution is 0.0506. The average molecular weight is 641 g/mol. The van der Waals surface area contributed by atoms with Crippen molar-refractivity contribution in [3.63, 3.8) is 0 Å². The van der Waals surface area contributed by atoms with E-state index in [-0.39, 0.29) is 30.1 Å². The van der Waals surface area contributed by atoms with Crippen LogP contribution in [0.4, 0.5) is 10.1 Å². The molecule has 232 valence electrons. The van der Waals surface area contributed by atoms with Crippen LogP contribution in [0, 0.1) is 19.7 Å². The highest BCUT2D eigenvalue weighted by Crippen LogP contribution is 2.49. The number of hydrogen-bond donors (Lipinski definition) is 1. The Balaban J connectivity index is 1.50. The number of aromatic nitrogens is 2. The summed E-state index contributed by atoms with van der Waals surface area (Å²) in [5.74, 6) is -2.23. The molecule has 12 heteroatoms. The normalized spacial score (nSPS) is 18.5. The van der Waals surface area contributed by atoms with Gasteiger partial charge in [0.2, 0.25) is 15.9 Å². The van der Waals surface area contributed by atoms with Crippen molar-refractivity contribution in [2.75, 3.05) is 11.6 Å². The number of rotatable bonds is 9. The monoisotopic (exact) mass is 640 g/mol. The lowest BCUT2D eigenvalue weighted by Crippen LogP contribution is -2.50. The Hall–Kier alpha value is -3.51. The van der Waals surface area contributed by atoms with E-state index >= 15 is 4.39 Å². The van der Waals surface area contributed by atoms with Gasteiger partial charge in [-0.3, -0.25) is 0 Å². The van der Waals surface area contributed by atoms with Gasteiger partial charge in [0.05, 0.1) is 25.1 Å². The van der Waals surface area contributed by atoms with Crippen molar-refractivity contribution in [3.05, 3.63) is 110 Å². The summed E-state index contributed by atoms with van der Waals surface area (Å²) in [6, 6.07) is 14.9. The molecule has 0 radical (unpaired) electrons.